The lowest BCUT2D eigenvalue weighted by molar-refractivity contribution is -0.153. The second-order valence-corrected chi connectivity index (χ2v) is 6.96. The SMILES string of the molecule is C[C@H](OC(=O)CNS(=O)(=O)c1ccc(F)cc1)C(=O)NC1CC1. The number of carbonyl (C=O) groups excluding carboxylic acids is 2. The molecule has 0 spiro atoms. The Bertz CT molecular complexity index is 686. The van der Waals surface area contributed by atoms with Crippen molar-refractivity contribution in [3.63, 3.8) is 0 Å². The van der Waals surface area contributed by atoms with Gasteiger partial charge in [0.25, 0.3) is 5.91 Å². The molecule has 1 atom stereocenters. The second-order valence-electron chi connectivity index (χ2n) is 5.19. The Morgan fingerprint density at radius 3 is 2.48 bits per heavy atom. The van der Waals surface area contributed by atoms with Gasteiger partial charge in [0.15, 0.2) is 6.10 Å². The zero-order valence-electron chi connectivity index (χ0n) is 12.4. The maximum Gasteiger partial charge on any atom is 0.321 e. The van der Waals surface area contributed by atoms with E-state index in [1.807, 2.05) is 4.72 Å². The summed E-state index contributed by atoms with van der Waals surface area (Å²) < 4.78 is 43.5. The number of halogens is 1. The second kappa shape index (κ2) is 7.05. The Morgan fingerprint density at radius 1 is 1.30 bits per heavy atom. The lowest BCUT2D eigenvalue weighted by Crippen LogP contribution is -2.39. The van der Waals surface area contributed by atoms with E-state index in [1.54, 1.807) is 0 Å². The molecule has 7 nitrogen and oxygen atoms in total. The number of ether oxygens (including phenoxy) is 1. The molecule has 1 fully saturated rings. The van der Waals surface area contributed by atoms with E-state index >= 15 is 0 Å². The molecule has 0 saturated heterocycles. The van der Waals surface area contributed by atoms with E-state index < -0.39 is 40.4 Å². The number of esters is 1. The summed E-state index contributed by atoms with van der Waals surface area (Å²) in [5, 5.41) is 2.67. The van der Waals surface area contributed by atoms with Crippen LogP contribution in [0.4, 0.5) is 4.39 Å². The molecule has 2 N–H and O–H groups in total. The Kier molecular flexibility index (Phi) is 5.32. The first-order valence-corrected chi connectivity index (χ1v) is 8.51. The Hall–Kier alpha value is -2.00. The monoisotopic (exact) mass is 344 g/mol. The number of rotatable bonds is 7. The van der Waals surface area contributed by atoms with Crippen LogP contribution < -0.4 is 10.0 Å². The lowest BCUT2D eigenvalue weighted by Gasteiger charge is -2.13. The average Bonchev–Trinajstić information content (AvgIpc) is 3.29. The van der Waals surface area contributed by atoms with Crippen molar-refractivity contribution in [2.45, 2.75) is 36.8 Å². The van der Waals surface area contributed by atoms with Gasteiger partial charge in [-0.25, -0.2) is 12.8 Å². The van der Waals surface area contributed by atoms with Gasteiger partial charge in [0.1, 0.15) is 12.4 Å². The Labute approximate surface area is 133 Å². The van der Waals surface area contributed by atoms with Gasteiger partial charge in [-0.3, -0.25) is 9.59 Å². The Balaban J connectivity index is 1.82. The lowest BCUT2D eigenvalue weighted by atomic mass is 10.3. The Morgan fingerprint density at radius 2 is 1.91 bits per heavy atom. The van der Waals surface area contributed by atoms with Crippen molar-refractivity contribution in [3.05, 3.63) is 30.1 Å². The molecule has 0 heterocycles. The first kappa shape index (κ1) is 17.4. The van der Waals surface area contributed by atoms with Crippen molar-refractivity contribution in [1.82, 2.24) is 10.0 Å². The molecule has 1 saturated carbocycles. The largest absolute Gasteiger partial charge is 0.452 e. The summed E-state index contributed by atoms with van der Waals surface area (Å²) in [5.74, 6) is -1.87. The first-order chi connectivity index (χ1) is 10.8. The molecule has 1 aromatic carbocycles. The van der Waals surface area contributed by atoms with Crippen LogP contribution >= 0.6 is 0 Å². The number of nitrogens with one attached hydrogen (secondary N) is 2. The smallest absolute Gasteiger partial charge is 0.321 e. The fraction of sp³-hybridized carbons (Fsp3) is 0.429. The number of amides is 1. The van der Waals surface area contributed by atoms with E-state index in [4.69, 9.17) is 4.74 Å². The number of hydrogen-bond donors (Lipinski definition) is 2. The predicted molar refractivity (Wildman–Crippen MR) is 78.3 cm³/mol. The van der Waals surface area contributed by atoms with Crippen LogP contribution in [0.15, 0.2) is 29.2 Å². The number of hydrogen-bond acceptors (Lipinski definition) is 5. The summed E-state index contributed by atoms with van der Waals surface area (Å²) in [7, 11) is -3.96. The molecule has 1 aromatic rings. The highest BCUT2D eigenvalue weighted by molar-refractivity contribution is 7.89. The molecule has 0 unspecified atom stereocenters. The zero-order chi connectivity index (χ0) is 17.0. The molecular formula is C14H17FN2O5S. The minimum Gasteiger partial charge on any atom is -0.452 e. The van der Waals surface area contributed by atoms with Crippen molar-refractivity contribution in [2.24, 2.45) is 0 Å². The third-order valence-corrected chi connectivity index (χ3v) is 4.55. The molecule has 0 bridgehead atoms. The molecule has 23 heavy (non-hydrogen) atoms. The quantitative estimate of drug-likeness (QED) is 0.694. The van der Waals surface area contributed by atoms with E-state index in [2.05, 4.69) is 5.32 Å². The molecule has 0 aliphatic heterocycles. The van der Waals surface area contributed by atoms with E-state index in [0.717, 1.165) is 37.1 Å². The minimum atomic E-state index is -3.96. The van der Waals surface area contributed by atoms with Crippen molar-refractivity contribution >= 4 is 21.9 Å². The molecule has 2 rings (SSSR count). The molecule has 9 heteroatoms. The van der Waals surface area contributed by atoms with Crippen LogP contribution in [0.5, 0.6) is 0 Å². The van der Waals surface area contributed by atoms with Gasteiger partial charge in [-0.05, 0) is 44.0 Å². The molecule has 126 valence electrons. The van der Waals surface area contributed by atoms with E-state index in [1.165, 1.54) is 6.92 Å². The molecule has 1 aliphatic carbocycles. The van der Waals surface area contributed by atoms with Crippen LogP contribution in [-0.4, -0.2) is 39.0 Å². The van der Waals surface area contributed by atoms with Crippen molar-refractivity contribution in [3.8, 4) is 0 Å². The van der Waals surface area contributed by atoms with Crippen molar-refractivity contribution in [2.75, 3.05) is 6.54 Å². The maximum atomic E-state index is 12.8. The minimum absolute atomic E-state index is 0.139. The fourth-order valence-corrected chi connectivity index (χ4v) is 2.66. The average molecular weight is 344 g/mol. The maximum absolute atomic E-state index is 12.8. The molecule has 1 amide bonds. The van der Waals surface area contributed by atoms with Gasteiger partial charge in [-0.1, -0.05) is 0 Å². The van der Waals surface area contributed by atoms with Gasteiger partial charge in [0.2, 0.25) is 10.0 Å². The van der Waals surface area contributed by atoms with Gasteiger partial charge < -0.3 is 10.1 Å². The third kappa shape index (κ3) is 5.29. The predicted octanol–water partition coefficient (Wildman–Crippen LogP) is 0.314. The third-order valence-electron chi connectivity index (χ3n) is 3.13. The van der Waals surface area contributed by atoms with Crippen LogP contribution in [-0.2, 0) is 24.3 Å². The summed E-state index contributed by atoms with van der Waals surface area (Å²) in [5.41, 5.74) is 0. The number of sulfonamides is 1. The van der Waals surface area contributed by atoms with Gasteiger partial charge in [0, 0.05) is 6.04 Å². The van der Waals surface area contributed by atoms with Crippen molar-refractivity contribution < 1.29 is 27.1 Å². The number of carbonyl (C=O) groups is 2. The highest BCUT2D eigenvalue weighted by atomic mass is 32.2. The van der Waals surface area contributed by atoms with Crippen LogP contribution in [0, 0.1) is 5.82 Å². The van der Waals surface area contributed by atoms with E-state index in [0.29, 0.717) is 0 Å². The first-order valence-electron chi connectivity index (χ1n) is 7.03. The highest BCUT2D eigenvalue weighted by Gasteiger charge is 2.27. The normalized spacial score (nSPS) is 15.7. The zero-order valence-corrected chi connectivity index (χ0v) is 13.2. The summed E-state index contributed by atoms with van der Waals surface area (Å²) >= 11 is 0. The van der Waals surface area contributed by atoms with Crippen LogP contribution in [0.2, 0.25) is 0 Å². The molecule has 1 aliphatic rings. The summed E-state index contributed by atoms with van der Waals surface area (Å²) in [6, 6.07) is 4.29. The van der Waals surface area contributed by atoms with Crippen molar-refractivity contribution in [1.29, 1.82) is 0 Å². The van der Waals surface area contributed by atoms with Crippen LogP contribution in [0.25, 0.3) is 0 Å². The molecule has 0 radical (unpaired) electrons. The summed E-state index contributed by atoms with van der Waals surface area (Å²) in [4.78, 5) is 23.0. The van der Waals surface area contributed by atoms with Gasteiger partial charge in [-0.15, -0.1) is 0 Å². The molecule has 0 aromatic heterocycles. The number of benzene rings is 1. The van der Waals surface area contributed by atoms with E-state index in [-0.39, 0.29) is 10.9 Å². The van der Waals surface area contributed by atoms with Gasteiger partial charge >= 0.3 is 5.97 Å². The van der Waals surface area contributed by atoms with Crippen LogP contribution in [0.3, 0.4) is 0 Å². The fourth-order valence-electron chi connectivity index (χ4n) is 1.69. The topological polar surface area (TPSA) is 102 Å². The van der Waals surface area contributed by atoms with E-state index in [9.17, 15) is 22.4 Å². The summed E-state index contributed by atoms with van der Waals surface area (Å²) in [6.07, 6.45) is 0.812. The summed E-state index contributed by atoms with van der Waals surface area (Å²) in [6.45, 7) is 0.783. The molecular weight excluding hydrogens is 327 g/mol. The highest BCUT2D eigenvalue weighted by Crippen LogP contribution is 2.18. The standard InChI is InChI=1S/C14H17FN2O5S/c1-9(14(19)17-11-4-5-11)22-13(18)8-16-23(20,21)12-6-2-10(15)3-7-12/h2-3,6-7,9,11,16H,4-5,8H2,1H3,(H,17,19)/t9-/m0/s1. The van der Waals surface area contributed by atoms with Gasteiger partial charge in [-0.2, -0.15) is 4.72 Å². The van der Waals surface area contributed by atoms with Gasteiger partial charge in [0.05, 0.1) is 4.90 Å². The van der Waals surface area contributed by atoms with Crippen LogP contribution in [0.1, 0.15) is 19.8 Å².